The molecule has 2 aromatic carbocycles. The summed E-state index contributed by atoms with van der Waals surface area (Å²) in [6.07, 6.45) is 2.73. The fourth-order valence-corrected chi connectivity index (χ4v) is 3.64. The molecule has 5 rings (SSSR count). The smallest absolute Gasteiger partial charge is 0.230 e. The molecule has 0 radical (unpaired) electrons. The van der Waals surface area contributed by atoms with Crippen LogP contribution in [0, 0.1) is 12.7 Å². The average molecular weight is 419 g/mol. The summed E-state index contributed by atoms with van der Waals surface area (Å²) >= 11 is 0. The summed E-state index contributed by atoms with van der Waals surface area (Å²) in [5, 5.41) is 6.91. The number of ether oxygens (including phenoxy) is 2. The van der Waals surface area contributed by atoms with Gasteiger partial charge in [-0.1, -0.05) is 6.07 Å². The van der Waals surface area contributed by atoms with E-state index in [0.29, 0.717) is 11.3 Å². The minimum Gasteiger partial charge on any atom is -0.489 e. The number of aromatic amines is 1. The first-order valence-corrected chi connectivity index (χ1v) is 10.2. The normalized spacial score (nSPS) is 15.9. The molecule has 0 saturated carbocycles. The van der Waals surface area contributed by atoms with Crippen molar-refractivity contribution < 1.29 is 13.9 Å². The number of hydrogen-bond acceptors (Lipinski definition) is 6. The minimum atomic E-state index is -0.429. The number of H-pyrrole nitrogens is 1. The molecule has 4 aromatic rings. The molecule has 2 aromatic heterocycles. The second kappa shape index (κ2) is 8.23. The van der Waals surface area contributed by atoms with Gasteiger partial charge < -0.3 is 25.1 Å². The second-order valence-electron chi connectivity index (χ2n) is 7.50. The molecule has 31 heavy (non-hydrogen) atoms. The Morgan fingerprint density at radius 1 is 1.16 bits per heavy atom. The van der Waals surface area contributed by atoms with Crippen molar-refractivity contribution in [1.29, 1.82) is 0 Å². The predicted molar refractivity (Wildman–Crippen MR) is 117 cm³/mol. The zero-order chi connectivity index (χ0) is 21.2. The van der Waals surface area contributed by atoms with Gasteiger partial charge in [-0.15, -0.1) is 0 Å². The summed E-state index contributed by atoms with van der Waals surface area (Å²) in [6.45, 7) is 3.71. The Hall–Kier alpha value is -3.65. The van der Waals surface area contributed by atoms with Crippen LogP contribution in [0.25, 0.3) is 10.9 Å². The van der Waals surface area contributed by atoms with Gasteiger partial charge in [0.2, 0.25) is 11.8 Å². The molecule has 1 fully saturated rings. The van der Waals surface area contributed by atoms with Gasteiger partial charge >= 0.3 is 0 Å². The number of nitrogens with zero attached hydrogens (tertiary/aromatic N) is 2. The van der Waals surface area contributed by atoms with Crippen molar-refractivity contribution in [1.82, 2.24) is 20.3 Å². The van der Waals surface area contributed by atoms with Gasteiger partial charge in [0, 0.05) is 47.2 Å². The van der Waals surface area contributed by atoms with Crippen molar-refractivity contribution >= 4 is 22.5 Å². The highest BCUT2D eigenvalue weighted by Gasteiger charge is 2.16. The molecule has 0 aliphatic carbocycles. The summed E-state index contributed by atoms with van der Waals surface area (Å²) in [4.78, 5) is 11.7. The van der Waals surface area contributed by atoms with E-state index in [9.17, 15) is 4.39 Å². The Kier molecular flexibility index (Phi) is 5.13. The van der Waals surface area contributed by atoms with Gasteiger partial charge in [-0.3, -0.25) is 0 Å². The molecule has 8 heteroatoms. The van der Waals surface area contributed by atoms with Gasteiger partial charge in [-0.25, -0.2) is 9.37 Å². The Balaban J connectivity index is 1.32. The summed E-state index contributed by atoms with van der Waals surface area (Å²) in [5.74, 6) is 1.05. The van der Waals surface area contributed by atoms with E-state index in [1.807, 2.05) is 31.2 Å². The maximum Gasteiger partial charge on any atom is 0.230 e. The van der Waals surface area contributed by atoms with Crippen LogP contribution in [0.5, 0.6) is 17.4 Å². The van der Waals surface area contributed by atoms with Crippen molar-refractivity contribution in [2.45, 2.75) is 19.4 Å². The van der Waals surface area contributed by atoms with Gasteiger partial charge in [0.15, 0.2) is 11.6 Å². The Morgan fingerprint density at radius 3 is 2.97 bits per heavy atom. The molecule has 1 atom stereocenters. The van der Waals surface area contributed by atoms with Crippen LogP contribution in [-0.4, -0.2) is 34.1 Å². The maximum absolute atomic E-state index is 14.8. The van der Waals surface area contributed by atoms with E-state index in [1.54, 1.807) is 30.5 Å². The van der Waals surface area contributed by atoms with Crippen LogP contribution in [0.1, 0.15) is 12.1 Å². The van der Waals surface area contributed by atoms with Gasteiger partial charge in [-0.2, -0.15) is 4.98 Å². The standard InChI is InChI=1S/C23H22FN5O2/c1-14-11-18-19(27-14)5-6-20(22(18)24)31-21-8-10-26-23(29-21)28-15-3-2-4-16(12-15)30-17-7-9-25-13-17/h2-6,8,10-12,17,25,27H,7,9,13H2,1H3,(H,26,28,29). The number of aromatic nitrogens is 3. The molecule has 7 nitrogen and oxygen atoms in total. The van der Waals surface area contributed by atoms with E-state index in [-0.39, 0.29) is 17.7 Å². The quantitative estimate of drug-likeness (QED) is 0.421. The van der Waals surface area contributed by atoms with Crippen LogP contribution in [0.2, 0.25) is 0 Å². The van der Waals surface area contributed by atoms with E-state index >= 15 is 0 Å². The van der Waals surface area contributed by atoms with Crippen molar-refractivity contribution in [3.63, 3.8) is 0 Å². The number of anilines is 2. The molecule has 1 aliphatic heterocycles. The Labute approximate surface area is 178 Å². The van der Waals surface area contributed by atoms with Crippen LogP contribution >= 0.6 is 0 Å². The fourth-order valence-electron chi connectivity index (χ4n) is 3.64. The molecule has 158 valence electrons. The van der Waals surface area contributed by atoms with E-state index in [0.717, 1.165) is 42.2 Å². The predicted octanol–water partition coefficient (Wildman–Crippen LogP) is 4.68. The van der Waals surface area contributed by atoms with Crippen molar-refractivity contribution in [2.24, 2.45) is 0 Å². The number of halogens is 1. The average Bonchev–Trinajstić information content (AvgIpc) is 3.40. The molecule has 3 N–H and O–H groups in total. The van der Waals surface area contributed by atoms with Crippen molar-refractivity contribution in [2.75, 3.05) is 18.4 Å². The van der Waals surface area contributed by atoms with Crippen LogP contribution in [-0.2, 0) is 0 Å². The summed E-state index contributed by atoms with van der Waals surface area (Å²) in [6, 6.07) is 14.3. The SMILES string of the molecule is Cc1cc2c(F)c(Oc3ccnc(Nc4cccc(OC5CCNC5)c4)n3)ccc2[nH]1. The number of hydrogen-bond donors (Lipinski definition) is 3. The number of nitrogens with one attached hydrogen (secondary N) is 3. The highest BCUT2D eigenvalue weighted by atomic mass is 19.1. The highest BCUT2D eigenvalue weighted by molar-refractivity contribution is 5.82. The van der Waals surface area contributed by atoms with E-state index in [1.165, 1.54) is 0 Å². The molecule has 0 amide bonds. The summed E-state index contributed by atoms with van der Waals surface area (Å²) in [7, 11) is 0. The highest BCUT2D eigenvalue weighted by Crippen LogP contribution is 2.30. The second-order valence-corrected chi connectivity index (χ2v) is 7.50. The van der Waals surface area contributed by atoms with E-state index < -0.39 is 5.82 Å². The Bertz CT molecular complexity index is 1220. The molecule has 3 heterocycles. The fraction of sp³-hybridized carbons (Fsp3) is 0.217. The molecule has 1 unspecified atom stereocenters. The maximum atomic E-state index is 14.8. The van der Waals surface area contributed by atoms with Gasteiger partial charge in [0.1, 0.15) is 11.9 Å². The molecular formula is C23H22FN5O2. The third kappa shape index (κ3) is 4.29. The van der Waals surface area contributed by atoms with Crippen LogP contribution < -0.4 is 20.1 Å². The van der Waals surface area contributed by atoms with Crippen molar-refractivity contribution in [3.05, 3.63) is 66.2 Å². The molecule has 1 aliphatic rings. The summed E-state index contributed by atoms with van der Waals surface area (Å²) < 4.78 is 26.5. The molecular weight excluding hydrogens is 397 g/mol. The first kappa shape index (κ1) is 19.3. The summed E-state index contributed by atoms with van der Waals surface area (Å²) in [5.41, 5.74) is 2.40. The first-order valence-electron chi connectivity index (χ1n) is 10.2. The Morgan fingerprint density at radius 2 is 2.10 bits per heavy atom. The lowest BCUT2D eigenvalue weighted by Crippen LogP contribution is -2.19. The third-order valence-electron chi connectivity index (χ3n) is 5.09. The minimum absolute atomic E-state index is 0.108. The molecule has 1 saturated heterocycles. The van der Waals surface area contributed by atoms with E-state index in [2.05, 4.69) is 25.6 Å². The largest absolute Gasteiger partial charge is 0.489 e. The lowest BCUT2D eigenvalue weighted by molar-refractivity contribution is 0.223. The lowest BCUT2D eigenvalue weighted by atomic mass is 10.2. The zero-order valence-electron chi connectivity index (χ0n) is 17.0. The number of aryl methyl sites for hydroxylation is 1. The van der Waals surface area contributed by atoms with Gasteiger partial charge in [-0.05, 0) is 50.2 Å². The topological polar surface area (TPSA) is 84.1 Å². The number of rotatable bonds is 6. The monoisotopic (exact) mass is 419 g/mol. The van der Waals surface area contributed by atoms with E-state index in [4.69, 9.17) is 9.47 Å². The van der Waals surface area contributed by atoms with Crippen LogP contribution in [0.15, 0.2) is 54.7 Å². The van der Waals surface area contributed by atoms with Gasteiger partial charge in [0.05, 0.1) is 0 Å². The third-order valence-corrected chi connectivity index (χ3v) is 5.09. The van der Waals surface area contributed by atoms with Crippen LogP contribution in [0.3, 0.4) is 0 Å². The number of benzene rings is 2. The molecule has 0 spiro atoms. The van der Waals surface area contributed by atoms with Crippen LogP contribution in [0.4, 0.5) is 16.0 Å². The van der Waals surface area contributed by atoms with Gasteiger partial charge in [0.25, 0.3) is 0 Å². The zero-order valence-corrected chi connectivity index (χ0v) is 17.0. The van der Waals surface area contributed by atoms with Crippen molar-refractivity contribution in [3.8, 4) is 17.4 Å². The first-order chi connectivity index (χ1) is 15.1. The molecule has 0 bridgehead atoms. The lowest BCUT2D eigenvalue weighted by Gasteiger charge is -2.14. The number of fused-ring (bicyclic) bond motifs is 1.